The molecule has 1 N–H and O–H groups in total. The summed E-state index contributed by atoms with van der Waals surface area (Å²) in [4.78, 5) is 10.4. The van der Waals surface area contributed by atoms with Gasteiger partial charge in [-0.2, -0.15) is 0 Å². The summed E-state index contributed by atoms with van der Waals surface area (Å²) >= 11 is 1.64. The molecule has 5 heteroatoms. The van der Waals surface area contributed by atoms with E-state index in [1.54, 1.807) is 18.4 Å². The van der Waals surface area contributed by atoms with Gasteiger partial charge in [-0.15, -0.1) is 11.3 Å². The molecule has 0 atom stereocenters. The highest BCUT2D eigenvalue weighted by Gasteiger charge is 2.16. The number of thiophene rings is 1. The molecule has 4 rings (SSSR count). The van der Waals surface area contributed by atoms with Crippen molar-refractivity contribution in [2.45, 2.75) is 33.1 Å². The molecule has 4 aromatic rings. The molecule has 0 spiro atoms. The normalized spacial score (nSPS) is 11.6. The van der Waals surface area contributed by atoms with Crippen LogP contribution in [-0.4, -0.2) is 17.1 Å². The lowest BCUT2D eigenvalue weighted by Gasteiger charge is -2.19. The van der Waals surface area contributed by atoms with Gasteiger partial charge in [0.15, 0.2) is 0 Å². The van der Waals surface area contributed by atoms with E-state index < -0.39 is 0 Å². The summed E-state index contributed by atoms with van der Waals surface area (Å²) in [7, 11) is 1.68. The van der Waals surface area contributed by atoms with Crippen LogP contribution in [0.1, 0.15) is 32.2 Å². The first-order valence-corrected chi connectivity index (χ1v) is 10.5. The number of aromatic nitrogens is 2. The zero-order valence-electron chi connectivity index (χ0n) is 17.4. The van der Waals surface area contributed by atoms with Crippen LogP contribution in [0.4, 0.5) is 11.5 Å². The third kappa shape index (κ3) is 3.96. The molecular formula is C24H25N3OS. The monoisotopic (exact) mass is 403 g/mol. The van der Waals surface area contributed by atoms with Crippen LogP contribution in [0.2, 0.25) is 0 Å². The summed E-state index contributed by atoms with van der Waals surface area (Å²) in [5.41, 5.74) is 4.70. The van der Waals surface area contributed by atoms with Gasteiger partial charge in [0.25, 0.3) is 0 Å². The van der Waals surface area contributed by atoms with E-state index in [4.69, 9.17) is 9.72 Å². The van der Waals surface area contributed by atoms with Gasteiger partial charge in [-0.25, -0.2) is 9.97 Å². The van der Waals surface area contributed by atoms with E-state index in [0.717, 1.165) is 44.4 Å². The van der Waals surface area contributed by atoms with Crippen molar-refractivity contribution in [1.29, 1.82) is 0 Å². The Morgan fingerprint density at radius 1 is 0.931 bits per heavy atom. The Bertz CT molecular complexity index is 1140. The Kier molecular flexibility index (Phi) is 5.01. The molecular weight excluding hydrogens is 378 g/mol. The Hall–Kier alpha value is -2.92. The summed E-state index contributed by atoms with van der Waals surface area (Å²) in [6, 6.07) is 16.7. The summed E-state index contributed by atoms with van der Waals surface area (Å²) in [5.74, 6) is 2.44. The Balaban J connectivity index is 1.76. The molecule has 0 saturated carbocycles. The number of nitrogens with one attached hydrogen (secondary N) is 1. The Labute approximate surface area is 175 Å². The minimum Gasteiger partial charge on any atom is -0.497 e. The van der Waals surface area contributed by atoms with Crippen molar-refractivity contribution in [3.05, 3.63) is 65.3 Å². The van der Waals surface area contributed by atoms with E-state index >= 15 is 0 Å². The molecule has 2 aromatic carbocycles. The highest BCUT2D eigenvalue weighted by atomic mass is 32.1. The number of hydrogen-bond donors (Lipinski definition) is 1. The standard InChI is InChI=1S/C24H25N3OS/c1-15-25-22(27-18-10-8-17(9-11-18)24(2,3)4)21-20(14-29-23(21)26-15)16-6-12-19(28-5)13-7-16/h6-14H,1-5H3,(H,25,26,27). The number of aryl methyl sites for hydroxylation is 1. The molecule has 0 bridgehead atoms. The summed E-state index contributed by atoms with van der Waals surface area (Å²) < 4.78 is 5.29. The highest BCUT2D eigenvalue weighted by Crippen LogP contribution is 2.38. The van der Waals surface area contributed by atoms with Crippen LogP contribution in [0.15, 0.2) is 53.9 Å². The minimum atomic E-state index is 0.131. The smallest absolute Gasteiger partial charge is 0.143 e. The van der Waals surface area contributed by atoms with Crippen molar-refractivity contribution in [1.82, 2.24) is 9.97 Å². The molecule has 0 aliphatic carbocycles. The molecule has 0 amide bonds. The van der Waals surface area contributed by atoms with Crippen LogP contribution in [0.3, 0.4) is 0 Å². The number of rotatable bonds is 4. The fourth-order valence-electron chi connectivity index (χ4n) is 3.31. The van der Waals surface area contributed by atoms with Crippen LogP contribution in [0, 0.1) is 6.92 Å². The van der Waals surface area contributed by atoms with Crippen molar-refractivity contribution in [2.75, 3.05) is 12.4 Å². The number of anilines is 2. The fraction of sp³-hybridized carbons (Fsp3) is 0.250. The van der Waals surface area contributed by atoms with E-state index in [-0.39, 0.29) is 5.41 Å². The molecule has 0 fully saturated rings. The number of benzene rings is 2. The van der Waals surface area contributed by atoms with Crippen LogP contribution >= 0.6 is 11.3 Å². The van der Waals surface area contributed by atoms with Crippen LogP contribution < -0.4 is 10.1 Å². The quantitative estimate of drug-likeness (QED) is 0.411. The predicted octanol–water partition coefficient (Wildman–Crippen LogP) is 6.72. The van der Waals surface area contributed by atoms with Gasteiger partial charge in [-0.3, -0.25) is 0 Å². The van der Waals surface area contributed by atoms with Gasteiger partial charge in [-0.1, -0.05) is 45.0 Å². The van der Waals surface area contributed by atoms with Gasteiger partial charge in [0.2, 0.25) is 0 Å². The lowest BCUT2D eigenvalue weighted by Crippen LogP contribution is -2.10. The average molecular weight is 404 g/mol. The number of nitrogens with zero attached hydrogens (tertiary/aromatic N) is 2. The summed E-state index contributed by atoms with van der Waals surface area (Å²) in [5, 5.41) is 6.71. The van der Waals surface area contributed by atoms with E-state index in [1.807, 2.05) is 19.1 Å². The molecule has 148 valence electrons. The lowest BCUT2D eigenvalue weighted by atomic mass is 9.87. The second-order valence-corrected chi connectivity index (χ2v) is 8.99. The highest BCUT2D eigenvalue weighted by molar-refractivity contribution is 7.17. The third-order valence-electron chi connectivity index (χ3n) is 4.96. The average Bonchev–Trinajstić information content (AvgIpc) is 3.11. The number of hydrogen-bond acceptors (Lipinski definition) is 5. The minimum absolute atomic E-state index is 0.131. The maximum absolute atomic E-state index is 5.29. The zero-order valence-corrected chi connectivity index (χ0v) is 18.2. The number of methoxy groups -OCH3 is 1. The maximum Gasteiger partial charge on any atom is 0.143 e. The van der Waals surface area contributed by atoms with Crippen LogP contribution in [-0.2, 0) is 5.41 Å². The largest absolute Gasteiger partial charge is 0.497 e. The first-order chi connectivity index (χ1) is 13.8. The van der Waals surface area contributed by atoms with Crippen LogP contribution in [0.5, 0.6) is 5.75 Å². The van der Waals surface area contributed by atoms with E-state index in [2.05, 4.69) is 72.9 Å². The summed E-state index contributed by atoms with van der Waals surface area (Å²) in [6.45, 7) is 8.60. The zero-order chi connectivity index (χ0) is 20.6. The second kappa shape index (κ2) is 7.48. The van der Waals surface area contributed by atoms with E-state index in [9.17, 15) is 0 Å². The number of ether oxygens (including phenoxy) is 1. The van der Waals surface area contributed by atoms with Gasteiger partial charge in [0.05, 0.1) is 12.5 Å². The Morgan fingerprint density at radius 3 is 2.24 bits per heavy atom. The van der Waals surface area contributed by atoms with Crippen molar-refractivity contribution in [2.24, 2.45) is 0 Å². The molecule has 0 aliphatic heterocycles. The second-order valence-electron chi connectivity index (χ2n) is 8.13. The van der Waals surface area contributed by atoms with Gasteiger partial charge in [0.1, 0.15) is 22.2 Å². The molecule has 29 heavy (non-hydrogen) atoms. The van der Waals surface area contributed by atoms with E-state index in [1.165, 1.54) is 5.56 Å². The van der Waals surface area contributed by atoms with Gasteiger partial charge in [0, 0.05) is 16.6 Å². The predicted molar refractivity (Wildman–Crippen MR) is 123 cm³/mol. The van der Waals surface area contributed by atoms with Crippen LogP contribution in [0.25, 0.3) is 21.3 Å². The van der Waals surface area contributed by atoms with Crippen molar-refractivity contribution in [3.63, 3.8) is 0 Å². The molecule has 2 aromatic heterocycles. The molecule has 2 heterocycles. The topological polar surface area (TPSA) is 47.0 Å². The summed E-state index contributed by atoms with van der Waals surface area (Å²) in [6.07, 6.45) is 0. The first kappa shape index (κ1) is 19.4. The van der Waals surface area contributed by atoms with E-state index in [0.29, 0.717) is 0 Å². The molecule has 0 aliphatic rings. The first-order valence-electron chi connectivity index (χ1n) is 9.63. The molecule has 4 nitrogen and oxygen atoms in total. The molecule has 0 unspecified atom stereocenters. The van der Waals surface area contributed by atoms with Crippen molar-refractivity contribution < 1.29 is 4.74 Å². The maximum atomic E-state index is 5.29. The third-order valence-corrected chi connectivity index (χ3v) is 5.83. The van der Waals surface area contributed by atoms with Crippen molar-refractivity contribution in [3.8, 4) is 16.9 Å². The SMILES string of the molecule is COc1ccc(-c2csc3nc(C)nc(Nc4ccc(C(C)(C)C)cc4)c23)cc1. The number of fused-ring (bicyclic) bond motifs is 1. The Morgan fingerprint density at radius 2 is 1.62 bits per heavy atom. The van der Waals surface area contributed by atoms with Gasteiger partial charge < -0.3 is 10.1 Å². The lowest BCUT2D eigenvalue weighted by molar-refractivity contribution is 0.415. The molecule has 0 saturated heterocycles. The fourth-order valence-corrected chi connectivity index (χ4v) is 4.30. The van der Waals surface area contributed by atoms with Gasteiger partial charge >= 0.3 is 0 Å². The van der Waals surface area contributed by atoms with Gasteiger partial charge in [-0.05, 0) is 47.7 Å². The molecule has 0 radical (unpaired) electrons. The van der Waals surface area contributed by atoms with Crippen molar-refractivity contribution >= 4 is 33.1 Å².